The molecule has 3 rings (SSSR count). The highest BCUT2D eigenvalue weighted by Crippen LogP contribution is 2.43. The standard InChI is InChI=1S/C18H24FNO4/c1-22-13-6-7-18(24-3)8-9-20(16(18)11-13)17(21)12-4-5-15(23-2)14(19)10-12/h4-5,10,13,16H,6-9,11H2,1-3H3/t13-,16+,18-/m1/s1. The third-order valence-electron chi connectivity index (χ3n) is 5.53. The number of carbonyl (C=O) groups excluding carboxylic acids is 1. The Kier molecular flexibility index (Phi) is 4.78. The van der Waals surface area contributed by atoms with Crippen molar-refractivity contribution in [2.24, 2.45) is 0 Å². The van der Waals surface area contributed by atoms with Crippen LogP contribution in [0.25, 0.3) is 0 Å². The predicted octanol–water partition coefficient (Wildman–Crippen LogP) is 2.63. The molecule has 5 nitrogen and oxygen atoms in total. The first-order valence-corrected chi connectivity index (χ1v) is 8.27. The minimum atomic E-state index is -0.529. The molecule has 1 heterocycles. The lowest BCUT2D eigenvalue weighted by Gasteiger charge is -2.43. The van der Waals surface area contributed by atoms with Crippen molar-refractivity contribution in [3.63, 3.8) is 0 Å². The van der Waals surface area contributed by atoms with E-state index in [9.17, 15) is 9.18 Å². The van der Waals surface area contributed by atoms with Crippen LogP contribution in [-0.4, -0.2) is 56.4 Å². The first-order chi connectivity index (χ1) is 11.5. The van der Waals surface area contributed by atoms with Gasteiger partial charge in [0.1, 0.15) is 0 Å². The van der Waals surface area contributed by atoms with Crippen molar-refractivity contribution in [1.82, 2.24) is 4.90 Å². The number of carbonyl (C=O) groups is 1. The average molecular weight is 337 g/mol. The summed E-state index contributed by atoms with van der Waals surface area (Å²) < 4.78 is 30.2. The summed E-state index contributed by atoms with van der Waals surface area (Å²) >= 11 is 0. The zero-order valence-corrected chi connectivity index (χ0v) is 14.4. The monoisotopic (exact) mass is 337 g/mol. The number of amides is 1. The van der Waals surface area contributed by atoms with E-state index in [1.807, 2.05) is 4.90 Å². The van der Waals surface area contributed by atoms with Crippen LogP contribution in [0, 0.1) is 5.82 Å². The van der Waals surface area contributed by atoms with Crippen LogP contribution in [-0.2, 0) is 9.47 Å². The van der Waals surface area contributed by atoms with Crippen molar-refractivity contribution in [2.45, 2.75) is 43.4 Å². The van der Waals surface area contributed by atoms with E-state index in [-0.39, 0.29) is 29.4 Å². The fraction of sp³-hybridized carbons (Fsp3) is 0.611. The van der Waals surface area contributed by atoms with Crippen LogP contribution < -0.4 is 4.74 Å². The fourth-order valence-electron chi connectivity index (χ4n) is 4.08. The van der Waals surface area contributed by atoms with Crippen LogP contribution in [0.4, 0.5) is 4.39 Å². The molecule has 0 radical (unpaired) electrons. The van der Waals surface area contributed by atoms with Gasteiger partial charge in [-0.3, -0.25) is 4.79 Å². The summed E-state index contributed by atoms with van der Waals surface area (Å²) in [7, 11) is 4.81. The second-order valence-electron chi connectivity index (χ2n) is 6.51. The fourth-order valence-corrected chi connectivity index (χ4v) is 4.08. The lowest BCUT2D eigenvalue weighted by molar-refractivity contribution is -0.0893. The van der Waals surface area contributed by atoms with Crippen LogP contribution in [0.1, 0.15) is 36.0 Å². The molecule has 2 aliphatic rings. The average Bonchev–Trinajstić information content (AvgIpc) is 3.00. The number of nitrogens with zero attached hydrogens (tertiary/aromatic N) is 1. The van der Waals surface area contributed by atoms with E-state index in [2.05, 4.69) is 0 Å². The SMILES string of the molecule is COc1ccc(C(=O)N2CC[C@]3(OC)CC[C@@H](OC)C[C@H]23)cc1F. The summed E-state index contributed by atoms with van der Waals surface area (Å²) in [5.41, 5.74) is 0.0233. The molecule has 0 N–H and O–H groups in total. The minimum Gasteiger partial charge on any atom is -0.494 e. The number of rotatable bonds is 4. The smallest absolute Gasteiger partial charge is 0.254 e. The number of likely N-dealkylation sites (tertiary alicyclic amines) is 1. The van der Waals surface area contributed by atoms with Gasteiger partial charge in [-0.1, -0.05) is 0 Å². The minimum absolute atomic E-state index is 0.0427. The van der Waals surface area contributed by atoms with Gasteiger partial charge in [0.2, 0.25) is 0 Å². The van der Waals surface area contributed by atoms with Gasteiger partial charge in [-0.05, 0) is 43.9 Å². The van der Waals surface area contributed by atoms with Crippen molar-refractivity contribution in [1.29, 1.82) is 0 Å². The van der Waals surface area contributed by atoms with Crippen LogP contribution in [0.15, 0.2) is 18.2 Å². The molecule has 1 saturated heterocycles. The molecule has 0 unspecified atom stereocenters. The Hall–Kier alpha value is -1.66. The van der Waals surface area contributed by atoms with Crippen molar-refractivity contribution < 1.29 is 23.4 Å². The van der Waals surface area contributed by atoms with Gasteiger partial charge in [0.15, 0.2) is 11.6 Å². The van der Waals surface area contributed by atoms with E-state index in [1.54, 1.807) is 20.3 Å². The number of benzene rings is 1. The first-order valence-electron chi connectivity index (χ1n) is 8.27. The Morgan fingerprint density at radius 2 is 2.08 bits per heavy atom. The predicted molar refractivity (Wildman–Crippen MR) is 86.8 cm³/mol. The molecule has 1 amide bonds. The van der Waals surface area contributed by atoms with Gasteiger partial charge in [0, 0.05) is 26.3 Å². The molecule has 1 aliphatic heterocycles. The quantitative estimate of drug-likeness (QED) is 0.847. The molecule has 3 atom stereocenters. The summed E-state index contributed by atoms with van der Waals surface area (Å²) in [6.45, 7) is 0.613. The van der Waals surface area contributed by atoms with Crippen LogP contribution in [0.5, 0.6) is 5.75 Å². The Morgan fingerprint density at radius 3 is 2.71 bits per heavy atom. The second kappa shape index (κ2) is 6.69. The van der Waals surface area contributed by atoms with Gasteiger partial charge in [0.05, 0.1) is 24.9 Å². The van der Waals surface area contributed by atoms with Crippen LogP contribution in [0.3, 0.4) is 0 Å². The van der Waals surface area contributed by atoms with Gasteiger partial charge >= 0.3 is 0 Å². The second-order valence-corrected chi connectivity index (χ2v) is 6.51. The zero-order chi connectivity index (χ0) is 17.3. The number of hydrogen-bond donors (Lipinski definition) is 0. The third-order valence-corrected chi connectivity index (χ3v) is 5.53. The maximum absolute atomic E-state index is 13.9. The maximum Gasteiger partial charge on any atom is 0.254 e. The van der Waals surface area contributed by atoms with Crippen molar-refractivity contribution in [3.8, 4) is 5.75 Å². The van der Waals surface area contributed by atoms with Crippen LogP contribution in [0.2, 0.25) is 0 Å². The summed E-state index contributed by atoms with van der Waals surface area (Å²) in [6.07, 6.45) is 3.47. The van der Waals surface area contributed by atoms with E-state index in [4.69, 9.17) is 14.2 Å². The van der Waals surface area contributed by atoms with E-state index >= 15 is 0 Å². The van der Waals surface area contributed by atoms with Crippen molar-refractivity contribution >= 4 is 5.91 Å². The van der Waals surface area contributed by atoms with E-state index in [0.29, 0.717) is 12.1 Å². The highest BCUT2D eigenvalue weighted by Gasteiger charge is 2.52. The number of hydrogen-bond acceptors (Lipinski definition) is 4. The third kappa shape index (κ3) is 2.78. The normalized spacial score (nSPS) is 29.4. The number of methoxy groups -OCH3 is 3. The molecule has 2 fully saturated rings. The Balaban J connectivity index is 1.85. The highest BCUT2D eigenvalue weighted by atomic mass is 19.1. The molecule has 1 aromatic carbocycles. The molecule has 132 valence electrons. The molecule has 1 aromatic rings. The van der Waals surface area contributed by atoms with Crippen LogP contribution >= 0.6 is 0 Å². The van der Waals surface area contributed by atoms with E-state index < -0.39 is 5.82 Å². The Morgan fingerprint density at radius 1 is 1.29 bits per heavy atom. The molecular formula is C18H24FNO4. The van der Waals surface area contributed by atoms with Gasteiger partial charge in [0.25, 0.3) is 5.91 Å². The van der Waals surface area contributed by atoms with Gasteiger partial charge < -0.3 is 19.1 Å². The van der Waals surface area contributed by atoms with Gasteiger partial charge in [-0.15, -0.1) is 0 Å². The highest BCUT2D eigenvalue weighted by molar-refractivity contribution is 5.95. The van der Waals surface area contributed by atoms with Gasteiger partial charge in [-0.2, -0.15) is 0 Å². The molecule has 0 aromatic heterocycles. The summed E-state index contributed by atoms with van der Waals surface area (Å²) in [5.74, 6) is -0.562. The Labute approximate surface area is 141 Å². The molecule has 1 aliphatic carbocycles. The lowest BCUT2D eigenvalue weighted by atomic mass is 9.79. The lowest BCUT2D eigenvalue weighted by Crippen LogP contribution is -2.53. The first kappa shape index (κ1) is 17.2. The largest absolute Gasteiger partial charge is 0.494 e. The number of fused-ring (bicyclic) bond motifs is 1. The number of ether oxygens (including phenoxy) is 3. The molecule has 0 spiro atoms. The van der Waals surface area contributed by atoms with E-state index in [0.717, 1.165) is 25.7 Å². The summed E-state index contributed by atoms with van der Waals surface area (Å²) in [4.78, 5) is 14.7. The van der Waals surface area contributed by atoms with Crippen molar-refractivity contribution in [2.75, 3.05) is 27.9 Å². The topological polar surface area (TPSA) is 48.0 Å². The van der Waals surface area contributed by atoms with Crippen molar-refractivity contribution in [3.05, 3.63) is 29.6 Å². The van der Waals surface area contributed by atoms with Gasteiger partial charge in [-0.25, -0.2) is 4.39 Å². The van der Waals surface area contributed by atoms with E-state index in [1.165, 1.54) is 19.2 Å². The molecule has 1 saturated carbocycles. The maximum atomic E-state index is 13.9. The number of halogens is 1. The summed E-state index contributed by atoms with van der Waals surface area (Å²) in [5, 5.41) is 0. The molecular weight excluding hydrogens is 313 g/mol. The zero-order valence-electron chi connectivity index (χ0n) is 14.4. The molecule has 0 bridgehead atoms. The Bertz CT molecular complexity index is 623. The summed E-state index contributed by atoms with van der Waals surface area (Å²) in [6, 6.07) is 4.29. The molecule has 6 heteroatoms. The molecule has 24 heavy (non-hydrogen) atoms.